The molecule has 0 unspecified atom stereocenters. The Balaban J connectivity index is 1.76. The number of nitrogens with one attached hydrogen (secondary N) is 1. The number of pyridine rings is 1. The number of aryl methyl sites for hydroxylation is 1. The molecule has 1 N–H and O–H groups in total. The summed E-state index contributed by atoms with van der Waals surface area (Å²) in [5.41, 5.74) is 3.30. The zero-order chi connectivity index (χ0) is 14.4. The first-order valence-corrected chi connectivity index (χ1v) is 7.41. The van der Waals surface area contributed by atoms with E-state index >= 15 is 0 Å². The average molecular weight is 317 g/mol. The summed E-state index contributed by atoms with van der Waals surface area (Å²) in [4.78, 5) is 16.4. The van der Waals surface area contributed by atoms with Crippen LogP contribution in [0.3, 0.4) is 0 Å². The summed E-state index contributed by atoms with van der Waals surface area (Å²) < 4.78 is 1.75. The summed E-state index contributed by atoms with van der Waals surface area (Å²) in [7, 11) is 1.88. The zero-order valence-electron chi connectivity index (χ0n) is 10.9. The summed E-state index contributed by atoms with van der Waals surface area (Å²) in [5, 5.41) is 7.52. The van der Waals surface area contributed by atoms with Crippen molar-refractivity contribution in [2.24, 2.45) is 7.05 Å². The molecule has 0 spiro atoms. The number of thiazole rings is 1. The minimum Gasteiger partial charge on any atom is -0.335 e. The maximum atomic E-state index is 5.93. The molecule has 0 radical (unpaired) electrons. The van der Waals surface area contributed by atoms with Crippen LogP contribution in [0, 0.1) is 0 Å². The van der Waals surface area contributed by atoms with Crippen LogP contribution < -0.4 is 0 Å². The lowest BCUT2D eigenvalue weighted by Gasteiger charge is -1.88. The highest BCUT2D eigenvalue weighted by Gasteiger charge is 2.12. The molecule has 0 amide bonds. The number of aromatic nitrogens is 6. The first-order chi connectivity index (χ1) is 10.2. The summed E-state index contributed by atoms with van der Waals surface area (Å²) in [6.07, 6.45) is 5.30. The standard InChI is InChI=1S/C13H9ClN6S/c1-20-5-7(3-16-20)10-6-21-13(18-10)12-17-9-2-8(14)4-15-11(9)19-12/h2-6H,1H3,(H,15,17,19). The molecule has 4 aromatic heterocycles. The summed E-state index contributed by atoms with van der Waals surface area (Å²) >= 11 is 7.45. The fourth-order valence-corrected chi connectivity index (χ4v) is 2.97. The Morgan fingerprint density at radius 1 is 1.29 bits per heavy atom. The number of imidazole rings is 1. The molecule has 0 saturated carbocycles. The summed E-state index contributed by atoms with van der Waals surface area (Å²) in [6.45, 7) is 0. The van der Waals surface area contributed by atoms with Crippen LogP contribution >= 0.6 is 22.9 Å². The van der Waals surface area contributed by atoms with Crippen LogP contribution in [0.1, 0.15) is 0 Å². The molecule has 8 heteroatoms. The van der Waals surface area contributed by atoms with Gasteiger partial charge in [-0.05, 0) is 6.07 Å². The van der Waals surface area contributed by atoms with Crippen molar-refractivity contribution in [2.45, 2.75) is 0 Å². The van der Waals surface area contributed by atoms with Gasteiger partial charge in [0.05, 0.1) is 22.4 Å². The largest absolute Gasteiger partial charge is 0.335 e. The van der Waals surface area contributed by atoms with Gasteiger partial charge in [0.25, 0.3) is 0 Å². The zero-order valence-corrected chi connectivity index (χ0v) is 12.5. The van der Waals surface area contributed by atoms with Gasteiger partial charge in [-0.25, -0.2) is 15.0 Å². The molecule has 4 aromatic rings. The molecule has 0 aromatic carbocycles. The number of hydrogen-bond acceptors (Lipinski definition) is 5. The molecule has 0 aliphatic rings. The Morgan fingerprint density at radius 2 is 2.19 bits per heavy atom. The first-order valence-electron chi connectivity index (χ1n) is 6.15. The lowest BCUT2D eigenvalue weighted by Crippen LogP contribution is -1.84. The first kappa shape index (κ1) is 12.5. The SMILES string of the molecule is Cn1cc(-c2csc(-c3nc4ncc(Cl)cc4[nH]3)n2)cn1. The number of rotatable bonds is 2. The van der Waals surface area contributed by atoms with Crippen molar-refractivity contribution in [1.82, 2.24) is 29.7 Å². The fraction of sp³-hybridized carbons (Fsp3) is 0.0769. The Hall–Kier alpha value is -2.25. The average Bonchev–Trinajstić information content (AvgIpc) is 3.14. The van der Waals surface area contributed by atoms with Gasteiger partial charge in [0.1, 0.15) is 0 Å². The maximum Gasteiger partial charge on any atom is 0.178 e. The second-order valence-electron chi connectivity index (χ2n) is 4.55. The molecular formula is C13H9ClN6S. The minimum absolute atomic E-state index is 0.577. The molecule has 0 atom stereocenters. The van der Waals surface area contributed by atoms with Gasteiger partial charge in [-0.3, -0.25) is 4.68 Å². The quantitative estimate of drug-likeness (QED) is 0.616. The van der Waals surface area contributed by atoms with Gasteiger partial charge in [-0.2, -0.15) is 5.10 Å². The molecule has 0 aliphatic carbocycles. The monoisotopic (exact) mass is 316 g/mol. The van der Waals surface area contributed by atoms with Crippen molar-refractivity contribution in [1.29, 1.82) is 0 Å². The Bertz CT molecular complexity index is 937. The lowest BCUT2D eigenvalue weighted by molar-refractivity contribution is 0.768. The number of aromatic amines is 1. The molecule has 21 heavy (non-hydrogen) atoms. The van der Waals surface area contributed by atoms with Crippen molar-refractivity contribution in [3.63, 3.8) is 0 Å². The van der Waals surface area contributed by atoms with Crippen LogP contribution in [-0.2, 0) is 7.05 Å². The van der Waals surface area contributed by atoms with E-state index in [4.69, 9.17) is 11.6 Å². The second kappa shape index (κ2) is 4.64. The molecule has 0 saturated heterocycles. The van der Waals surface area contributed by atoms with E-state index in [1.807, 2.05) is 18.6 Å². The molecule has 0 fully saturated rings. The van der Waals surface area contributed by atoms with Gasteiger partial charge in [0.2, 0.25) is 0 Å². The van der Waals surface area contributed by atoms with Gasteiger partial charge >= 0.3 is 0 Å². The molecule has 104 valence electrons. The highest BCUT2D eigenvalue weighted by molar-refractivity contribution is 7.13. The van der Waals surface area contributed by atoms with E-state index in [-0.39, 0.29) is 0 Å². The van der Waals surface area contributed by atoms with Crippen LogP contribution in [0.5, 0.6) is 0 Å². The molecule has 4 rings (SSSR count). The van der Waals surface area contributed by atoms with Gasteiger partial charge in [0.15, 0.2) is 16.5 Å². The lowest BCUT2D eigenvalue weighted by atomic mass is 10.3. The van der Waals surface area contributed by atoms with Crippen molar-refractivity contribution in [3.05, 3.63) is 35.1 Å². The van der Waals surface area contributed by atoms with Crippen LogP contribution in [0.2, 0.25) is 5.02 Å². The third kappa shape index (κ3) is 2.20. The van der Waals surface area contributed by atoms with Crippen LogP contribution in [0.25, 0.3) is 33.3 Å². The Morgan fingerprint density at radius 3 is 3.00 bits per heavy atom. The van der Waals surface area contributed by atoms with E-state index in [1.165, 1.54) is 11.3 Å². The number of nitrogens with zero attached hydrogens (tertiary/aromatic N) is 5. The third-order valence-corrected chi connectivity index (χ3v) is 4.07. The molecular weight excluding hydrogens is 308 g/mol. The minimum atomic E-state index is 0.577. The Kier molecular flexibility index (Phi) is 2.76. The van der Waals surface area contributed by atoms with E-state index in [2.05, 4.69) is 25.0 Å². The van der Waals surface area contributed by atoms with Crippen LogP contribution in [-0.4, -0.2) is 29.7 Å². The smallest absolute Gasteiger partial charge is 0.178 e. The number of H-pyrrole nitrogens is 1. The van der Waals surface area contributed by atoms with E-state index in [1.54, 1.807) is 23.1 Å². The van der Waals surface area contributed by atoms with Crippen molar-refractivity contribution >= 4 is 34.1 Å². The van der Waals surface area contributed by atoms with Crippen LogP contribution in [0.15, 0.2) is 30.0 Å². The molecule has 0 aliphatic heterocycles. The normalized spacial score (nSPS) is 11.3. The molecule has 0 bridgehead atoms. The topological polar surface area (TPSA) is 72.3 Å². The number of fused-ring (bicyclic) bond motifs is 1. The predicted molar refractivity (Wildman–Crippen MR) is 82.2 cm³/mol. The van der Waals surface area contributed by atoms with E-state index in [0.29, 0.717) is 16.5 Å². The van der Waals surface area contributed by atoms with E-state index in [0.717, 1.165) is 21.8 Å². The molecule has 4 heterocycles. The number of halogens is 1. The molecule has 6 nitrogen and oxygen atoms in total. The second-order valence-corrected chi connectivity index (χ2v) is 5.85. The van der Waals surface area contributed by atoms with Gasteiger partial charge in [-0.1, -0.05) is 11.6 Å². The van der Waals surface area contributed by atoms with Crippen molar-refractivity contribution < 1.29 is 0 Å². The van der Waals surface area contributed by atoms with Crippen molar-refractivity contribution in [3.8, 4) is 22.1 Å². The summed E-state index contributed by atoms with van der Waals surface area (Å²) in [5.74, 6) is 0.694. The van der Waals surface area contributed by atoms with E-state index < -0.39 is 0 Å². The van der Waals surface area contributed by atoms with Gasteiger partial charge in [0, 0.05) is 30.4 Å². The third-order valence-electron chi connectivity index (χ3n) is 3.01. The van der Waals surface area contributed by atoms with Gasteiger partial charge < -0.3 is 4.98 Å². The van der Waals surface area contributed by atoms with Crippen LogP contribution in [0.4, 0.5) is 0 Å². The number of hydrogen-bond donors (Lipinski definition) is 1. The highest BCUT2D eigenvalue weighted by atomic mass is 35.5. The summed E-state index contributed by atoms with van der Waals surface area (Å²) in [6, 6.07) is 1.80. The maximum absolute atomic E-state index is 5.93. The van der Waals surface area contributed by atoms with Gasteiger partial charge in [-0.15, -0.1) is 11.3 Å². The highest BCUT2D eigenvalue weighted by Crippen LogP contribution is 2.28. The fourth-order valence-electron chi connectivity index (χ4n) is 2.04. The van der Waals surface area contributed by atoms with Crippen molar-refractivity contribution in [2.75, 3.05) is 0 Å². The van der Waals surface area contributed by atoms with E-state index in [9.17, 15) is 0 Å². The Labute approximate surface area is 128 Å². The predicted octanol–water partition coefficient (Wildman–Crippen LogP) is 3.14.